The van der Waals surface area contributed by atoms with Gasteiger partial charge in [0.1, 0.15) is 6.10 Å². The number of aliphatic hydroxyl groups is 2. The topological polar surface area (TPSA) is 66.8 Å². The first-order valence-electron chi connectivity index (χ1n) is 6.71. The Morgan fingerprint density at radius 3 is 2.37 bits per heavy atom. The fourth-order valence-corrected chi connectivity index (χ4v) is 1.80. The third kappa shape index (κ3) is 4.65. The zero-order valence-corrected chi connectivity index (χ0v) is 11.5. The molecule has 2 N–H and O–H groups in total. The fraction of sp³-hybridized carbons (Fsp3) is 0.533. The number of hydrogen-bond acceptors (Lipinski definition) is 4. The van der Waals surface area contributed by atoms with Crippen molar-refractivity contribution in [2.75, 3.05) is 6.61 Å². The van der Waals surface area contributed by atoms with E-state index in [1.165, 1.54) is 5.56 Å². The van der Waals surface area contributed by atoms with Crippen molar-refractivity contribution >= 4 is 5.97 Å². The summed E-state index contributed by atoms with van der Waals surface area (Å²) in [5, 5.41) is 19.6. The molecule has 0 saturated carbocycles. The van der Waals surface area contributed by atoms with Crippen molar-refractivity contribution < 1.29 is 19.7 Å². The normalized spacial score (nSPS) is 13.9. The molecule has 0 aliphatic carbocycles. The van der Waals surface area contributed by atoms with E-state index in [0.717, 1.165) is 19.3 Å². The predicted molar refractivity (Wildman–Crippen MR) is 72.7 cm³/mol. The molecule has 2 unspecified atom stereocenters. The van der Waals surface area contributed by atoms with Gasteiger partial charge in [0.05, 0.1) is 6.61 Å². The minimum absolute atomic E-state index is 0.179. The molecule has 0 bridgehead atoms. The third-order valence-corrected chi connectivity index (χ3v) is 2.97. The summed E-state index contributed by atoms with van der Waals surface area (Å²) in [6, 6.07) is 7.29. The van der Waals surface area contributed by atoms with Gasteiger partial charge in [0.25, 0.3) is 0 Å². The van der Waals surface area contributed by atoms with Gasteiger partial charge < -0.3 is 14.9 Å². The van der Waals surface area contributed by atoms with Crippen molar-refractivity contribution in [1.29, 1.82) is 0 Å². The molecule has 0 spiro atoms. The minimum atomic E-state index is -1.54. The molecule has 0 aromatic heterocycles. The Labute approximate surface area is 114 Å². The molecule has 0 heterocycles. The van der Waals surface area contributed by atoms with Crippen molar-refractivity contribution in [2.45, 2.75) is 45.3 Å². The van der Waals surface area contributed by atoms with Crippen LogP contribution in [0.5, 0.6) is 0 Å². The maximum Gasteiger partial charge on any atom is 0.338 e. The molecule has 0 aliphatic rings. The summed E-state index contributed by atoms with van der Waals surface area (Å²) in [5.41, 5.74) is 1.70. The number of aliphatic hydroxyl groups excluding tert-OH is 2. The molecule has 19 heavy (non-hydrogen) atoms. The summed E-state index contributed by atoms with van der Waals surface area (Å²) in [7, 11) is 0. The Hall–Kier alpha value is -1.39. The van der Waals surface area contributed by atoms with E-state index in [2.05, 4.69) is 11.7 Å². The fourth-order valence-electron chi connectivity index (χ4n) is 1.80. The van der Waals surface area contributed by atoms with E-state index >= 15 is 0 Å². The van der Waals surface area contributed by atoms with Gasteiger partial charge in [-0.2, -0.15) is 0 Å². The van der Waals surface area contributed by atoms with E-state index in [-0.39, 0.29) is 6.61 Å². The largest absolute Gasteiger partial charge is 0.464 e. The lowest BCUT2D eigenvalue weighted by atomic mass is 10.0. The smallest absolute Gasteiger partial charge is 0.338 e. The second-order valence-corrected chi connectivity index (χ2v) is 4.49. The van der Waals surface area contributed by atoms with Gasteiger partial charge in [0.15, 0.2) is 6.10 Å². The molecule has 106 valence electrons. The van der Waals surface area contributed by atoms with Crippen molar-refractivity contribution in [3.05, 3.63) is 35.4 Å². The number of hydrogen-bond donors (Lipinski definition) is 2. The number of aryl methyl sites for hydroxylation is 1. The second-order valence-electron chi connectivity index (χ2n) is 4.49. The maximum absolute atomic E-state index is 11.3. The van der Waals surface area contributed by atoms with Crippen molar-refractivity contribution in [2.24, 2.45) is 0 Å². The Morgan fingerprint density at radius 1 is 1.21 bits per heavy atom. The first kappa shape index (κ1) is 15.7. The molecule has 1 rings (SSSR count). The lowest BCUT2D eigenvalue weighted by Gasteiger charge is -2.17. The summed E-state index contributed by atoms with van der Waals surface area (Å²) < 4.78 is 4.67. The first-order valence-corrected chi connectivity index (χ1v) is 6.71. The SMILES string of the molecule is CCCCc1ccc(C(O)C(O)C(=O)OCC)cc1. The van der Waals surface area contributed by atoms with E-state index in [4.69, 9.17) is 0 Å². The molecule has 0 aliphatic heterocycles. The van der Waals surface area contributed by atoms with Crippen LogP contribution >= 0.6 is 0 Å². The zero-order valence-electron chi connectivity index (χ0n) is 11.5. The van der Waals surface area contributed by atoms with Gasteiger partial charge in [0.2, 0.25) is 0 Å². The second kappa shape index (κ2) is 7.92. The Bertz CT molecular complexity index is 386. The summed E-state index contributed by atoms with van der Waals surface area (Å²) >= 11 is 0. The molecule has 2 atom stereocenters. The molecule has 0 radical (unpaired) electrons. The zero-order chi connectivity index (χ0) is 14.3. The van der Waals surface area contributed by atoms with E-state index in [1.54, 1.807) is 19.1 Å². The molecule has 0 fully saturated rings. The van der Waals surface area contributed by atoms with Crippen LogP contribution in [0.3, 0.4) is 0 Å². The van der Waals surface area contributed by atoms with Crippen LogP contribution in [0.2, 0.25) is 0 Å². The summed E-state index contributed by atoms with van der Waals surface area (Å²) in [5.74, 6) is -0.801. The lowest BCUT2D eigenvalue weighted by Crippen LogP contribution is -2.29. The van der Waals surface area contributed by atoms with Crippen LogP contribution < -0.4 is 0 Å². The third-order valence-electron chi connectivity index (χ3n) is 2.97. The highest BCUT2D eigenvalue weighted by molar-refractivity contribution is 5.75. The average molecular weight is 266 g/mol. The molecular formula is C15H22O4. The summed E-state index contributed by atoms with van der Waals surface area (Å²) in [6.07, 6.45) is 0.452. The van der Waals surface area contributed by atoms with Gasteiger partial charge >= 0.3 is 5.97 Å². The van der Waals surface area contributed by atoms with Crippen LogP contribution in [-0.4, -0.2) is 28.9 Å². The van der Waals surface area contributed by atoms with E-state index in [0.29, 0.717) is 5.56 Å². The number of carbonyl (C=O) groups excluding carboxylic acids is 1. The Kier molecular flexibility index (Phi) is 6.53. The van der Waals surface area contributed by atoms with E-state index in [1.807, 2.05) is 12.1 Å². The number of unbranched alkanes of at least 4 members (excludes halogenated alkanes) is 1. The van der Waals surface area contributed by atoms with Gasteiger partial charge in [-0.15, -0.1) is 0 Å². The van der Waals surface area contributed by atoms with Crippen molar-refractivity contribution in [1.82, 2.24) is 0 Å². The van der Waals surface area contributed by atoms with Gasteiger partial charge in [-0.1, -0.05) is 37.6 Å². The molecule has 0 amide bonds. The number of ether oxygens (including phenoxy) is 1. The predicted octanol–water partition coefficient (Wildman–Crippen LogP) is 1.99. The van der Waals surface area contributed by atoms with Gasteiger partial charge in [-0.25, -0.2) is 4.79 Å². The summed E-state index contributed by atoms with van der Waals surface area (Å²) in [6.45, 7) is 3.96. The van der Waals surface area contributed by atoms with Crippen LogP contribution in [0.1, 0.15) is 43.9 Å². The average Bonchev–Trinajstić information content (AvgIpc) is 2.44. The summed E-state index contributed by atoms with van der Waals surface area (Å²) in [4.78, 5) is 11.3. The number of benzene rings is 1. The highest BCUT2D eigenvalue weighted by atomic mass is 16.5. The quantitative estimate of drug-likeness (QED) is 0.741. The lowest BCUT2D eigenvalue weighted by molar-refractivity contribution is -0.159. The molecule has 1 aromatic carbocycles. The molecule has 0 saturated heterocycles. The molecule has 4 nitrogen and oxygen atoms in total. The number of rotatable bonds is 7. The number of esters is 1. The number of carbonyl (C=O) groups is 1. The molecule has 1 aromatic rings. The first-order chi connectivity index (χ1) is 9.10. The molecule has 4 heteroatoms. The molecular weight excluding hydrogens is 244 g/mol. The van der Waals surface area contributed by atoms with Crippen LogP contribution in [0.4, 0.5) is 0 Å². The minimum Gasteiger partial charge on any atom is -0.464 e. The highest BCUT2D eigenvalue weighted by Crippen LogP contribution is 2.19. The van der Waals surface area contributed by atoms with Crippen molar-refractivity contribution in [3.8, 4) is 0 Å². The van der Waals surface area contributed by atoms with E-state index < -0.39 is 18.2 Å². The van der Waals surface area contributed by atoms with Gasteiger partial charge in [-0.3, -0.25) is 0 Å². The maximum atomic E-state index is 11.3. The van der Waals surface area contributed by atoms with Crippen LogP contribution in [0, 0.1) is 0 Å². The monoisotopic (exact) mass is 266 g/mol. The Morgan fingerprint density at radius 2 is 1.84 bits per heavy atom. The Balaban J connectivity index is 2.66. The van der Waals surface area contributed by atoms with Crippen LogP contribution in [0.25, 0.3) is 0 Å². The van der Waals surface area contributed by atoms with Gasteiger partial charge in [-0.05, 0) is 30.9 Å². The van der Waals surface area contributed by atoms with E-state index in [9.17, 15) is 15.0 Å². The van der Waals surface area contributed by atoms with Gasteiger partial charge in [0, 0.05) is 0 Å². The highest BCUT2D eigenvalue weighted by Gasteiger charge is 2.26. The van der Waals surface area contributed by atoms with Crippen LogP contribution in [-0.2, 0) is 16.0 Å². The standard InChI is InChI=1S/C15H22O4/c1-3-5-6-11-7-9-12(10-8-11)13(16)14(17)15(18)19-4-2/h7-10,13-14,16-17H,3-6H2,1-2H3. The van der Waals surface area contributed by atoms with Crippen LogP contribution in [0.15, 0.2) is 24.3 Å². The van der Waals surface area contributed by atoms with Crippen molar-refractivity contribution in [3.63, 3.8) is 0 Å².